The van der Waals surface area contributed by atoms with E-state index in [2.05, 4.69) is 4.72 Å². The maximum Gasteiger partial charge on any atom is 0.211 e. The smallest absolute Gasteiger partial charge is 0.211 e. The maximum absolute atomic E-state index is 11.1. The van der Waals surface area contributed by atoms with Crippen molar-refractivity contribution in [1.82, 2.24) is 4.72 Å². The van der Waals surface area contributed by atoms with Crippen LogP contribution in [0.5, 0.6) is 0 Å². The van der Waals surface area contributed by atoms with Crippen LogP contribution >= 0.6 is 0 Å². The summed E-state index contributed by atoms with van der Waals surface area (Å²) in [5, 5.41) is 0. The summed E-state index contributed by atoms with van der Waals surface area (Å²) in [6, 6.07) is 0. The predicted molar refractivity (Wildman–Crippen MR) is 50.3 cm³/mol. The number of nitrogens with two attached hydrogens (primary N) is 1. The third-order valence-electron chi connectivity index (χ3n) is 1.22. The van der Waals surface area contributed by atoms with Crippen LogP contribution in [0.2, 0.25) is 0 Å². The van der Waals surface area contributed by atoms with E-state index in [-0.39, 0.29) is 12.3 Å². The Balaban J connectivity index is 3.94. The molecule has 0 saturated carbocycles. The molecular weight excluding hydrogens is 176 g/mol. The molecule has 0 amide bonds. The number of sulfonamides is 1. The van der Waals surface area contributed by atoms with Crippen molar-refractivity contribution in [3.8, 4) is 0 Å². The van der Waals surface area contributed by atoms with Gasteiger partial charge in [0.25, 0.3) is 0 Å². The standard InChI is InChI=1S/C7H18N2O2S/c1-4-5-12(10,11)9-6-7(2,3)8/h9H,4-6,8H2,1-3H3. The molecule has 0 aromatic heterocycles. The van der Waals surface area contributed by atoms with Gasteiger partial charge in [-0.15, -0.1) is 0 Å². The fourth-order valence-corrected chi connectivity index (χ4v) is 1.91. The van der Waals surface area contributed by atoms with Crippen LogP contribution in [-0.4, -0.2) is 26.3 Å². The summed E-state index contributed by atoms with van der Waals surface area (Å²) >= 11 is 0. The van der Waals surface area contributed by atoms with Gasteiger partial charge in [-0.25, -0.2) is 13.1 Å². The highest BCUT2D eigenvalue weighted by Crippen LogP contribution is 1.95. The van der Waals surface area contributed by atoms with Crippen molar-refractivity contribution in [3.05, 3.63) is 0 Å². The second kappa shape index (κ2) is 4.20. The highest BCUT2D eigenvalue weighted by molar-refractivity contribution is 7.89. The normalized spacial score (nSPS) is 13.3. The Morgan fingerprint density at radius 3 is 2.25 bits per heavy atom. The van der Waals surface area contributed by atoms with E-state index in [0.29, 0.717) is 6.42 Å². The van der Waals surface area contributed by atoms with Gasteiger partial charge < -0.3 is 5.73 Å². The fraction of sp³-hybridized carbons (Fsp3) is 1.00. The molecule has 0 atom stereocenters. The molecular formula is C7H18N2O2S. The lowest BCUT2D eigenvalue weighted by molar-refractivity contribution is 0.497. The molecule has 0 aromatic rings. The minimum absolute atomic E-state index is 0.170. The van der Waals surface area contributed by atoms with Crippen LogP contribution in [-0.2, 0) is 10.0 Å². The van der Waals surface area contributed by atoms with E-state index in [1.165, 1.54) is 0 Å². The Hall–Kier alpha value is -0.130. The topological polar surface area (TPSA) is 72.2 Å². The van der Waals surface area contributed by atoms with Crippen LogP contribution in [0.25, 0.3) is 0 Å². The first-order valence-electron chi connectivity index (χ1n) is 4.03. The largest absolute Gasteiger partial charge is 0.324 e. The number of rotatable bonds is 5. The lowest BCUT2D eigenvalue weighted by Crippen LogP contribution is -2.45. The van der Waals surface area contributed by atoms with E-state index in [9.17, 15) is 8.42 Å². The Kier molecular flexibility index (Phi) is 4.16. The van der Waals surface area contributed by atoms with Gasteiger partial charge in [0.2, 0.25) is 10.0 Å². The van der Waals surface area contributed by atoms with Gasteiger partial charge in [0.1, 0.15) is 0 Å². The van der Waals surface area contributed by atoms with E-state index in [4.69, 9.17) is 5.73 Å². The van der Waals surface area contributed by atoms with Gasteiger partial charge in [-0.1, -0.05) is 6.92 Å². The summed E-state index contributed by atoms with van der Waals surface area (Å²) in [6.45, 7) is 5.67. The fourth-order valence-electron chi connectivity index (χ4n) is 0.637. The highest BCUT2D eigenvalue weighted by atomic mass is 32.2. The first kappa shape index (κ1) is 11.9. The zero-order chi connectivity index (χ0) is 9.83. The van der Waals surface area contributed by atoms with E-state index in [1.807, 2.05) is 6.92 Å². The molecule has 0 unspecified atom stereocenters. The minimum atomic E-state index is -3.09. The molecule has 0 heterocycles. The van der Waals surface area contributed by atoms with E-state index < -0.39 is 15.6 Å². The van der Waals surface area contributed by atoms with Crippen molar-refractivity contribution < 1.29 is 8.42 Å². The first-order valence-corrected chi connectivity index (χ1v) is 5.68. The average Bonchev–Trinajstić information content (AvgIpc) is 1.83. The van der Waals surface area contributed by atoms with Crippen molar-refractivity contribution in [2.45, 2.75) is 32.7 Å². The summed E-state index contributed by atoms with van der Waals surface area (Å²) in [4.78, 5) is 0. The summed E-state index contributed by atoms with van der Waals surface area (Å²) in [6.07, 6.45) is 0.625. The summed E-state index contributed by atoms with van der Waals surface area (Å²) < 4.78 is 24.7. The lowest BCUT2D eigenvalue weighted by Gasteiger charge is -2.18. The number of hydrogen-bond acceptors (Lipinski definition) is 3. The third kappa shape index (κ3) is 6.57. The maximum atomic E-state index is 11.1. The van der Waals surface area contributed by atoms with Gasteiger partial charge in [0, 0.05) is 12.1 Å². The van der Waals surface area contributed by atoms with Crippen LogP contribution < -0.4 is 10.5 Å². The van der Waals surface area contributed by atoms with Crippen molar-refractivity contribution in [1.29, 1.82) is 0 Å². The molecule has 0 saturated heterocycles. The summed E-state index contributed by atoms with van der Waals surface area (Å²) in [7, 11) is -3.09. The van der Waals surface area contributed by atoms with Gasteiger partial charge in [-0.05, 0) is 20.3 Å². The Morgan fingerprint density at radius 1 is 1.42 bits per heavy atom. The lowest BCUT2D eigenvalue weighted by atomic mass is 10.1. The zero-order valence-corrected chi connectivity index (χ0v) is 8.74. The number of nitrogens with one attached hydrogen (secondary N) is 1. The van der Waals surface area contributed by atoms with Gasteiger partial charge in [0.05, 0.1) is 5.75 Å². The molecule has 3 N–H and O–H groups in total. The SMILES string of the molecule is CCCS(=O)(=O)NCC(C)(C)N. The summed E-state index contributed by atoms with van der Waals surface area (Å²) in [5.41, 5.74) is 5.13. The monoisotopic (exact) mass is 194 g/mol. The quantitative estimate of drug-likeness (QED) is 0.649. The van der Waals surface area contributed by atoms with Gasteiger partial charge >= 0.3 is 0 Å². The Bertz CT molecular complexity index is 216. The van der Waals surface area contributed by atoms with Gasteiger partial charge in [0.15, 0.2) is 0 Å². The first-order chi connectivity index (χ1) is 5.27. The van der Waals surface area contributed by atoms with Crippen molar-refractivity contribution in [3.63, 3.8) is 0 Å². The molecule has 0 aliphatic heterocycles. The molecule has 0 aliphatic carbocycles. The summed E-state index contributed by atoms with van der Waals surface area (Å²) in [5.74, 6) is 0.170. The van der Waals surface area contributed by atoms with Crippen molar-refractivity contribution in [2.24, 2.45) is 5.73 Å². The van der Waals surface area contributed by atoms with Gasteiger partial charge in [-0.3, -0.25) is 0 Å². The van der Waals surface area contributed by atoms with Crippen molar-refractivity contribution in [2.75, 3.05) is 12.3 Å². The third-order valence-corrected chi connectivity index (χ3v) is 2.75. The molecule has 0 radical (unpaired) electrons. The molecule has 0 rings (SSSR count). The number of hydrogen-bond donors (Lipinski definition) is 2. The van der Waals surface area contributed by atoms with Crippen LogP contribution in [0, 0.1) is 0 Å². The second-order valence-corrected chi connectivity index (χ2v) is 5.55. The second-order valence-electron chi connectivity index (χ2n) is 3.63. The molecule has 4 nitrogen and oxygen atoms in total. The van der Waals surface area contributed by atoms with Crippen LogP contribution in [0.3, 0.4) is 0 Å². The highest BCUT2D eigenvalue weighted by Gasteiger charge is 2.15. The minimum Gasteiger partial charge on any atom is -0.324 e. The van der Waals surface area contributed by atoms with Crippen LogP contribution in [0.1, 0.15) is 27.2 Å². The Morgan fingerprint density at radius 2 is 1.92 bits per heavy atom. The van der Waals surface area contributed by atoms with Crippen LogP contribution in [0.4, 0.5) is 0 Å². The molecule has 5 heteroatoms. The van der Waals surface area contributed by atoms with E-state index >= 15 is 0 Å². The molecule has 0 fully saturated rings. The molecule has 12 heavy (non-hydrogen) atoms. The molecule has 74 valence electrons. The zero-order valence-electron chi connectivity index (χ0n) is 7.92. The van der Waals surface area contributed by atoms with Gasteiger partial charge in [-0.2, -0.15) is 0 Å². The van der Waals surface area contributed by atoms with Crippen LogP contribution in [0.15, 0.2) is 0 Å². The van der Waals surface area contributed by atoms with E-state index in [0.717, 1.165) is 0 Å². The molecule has 0 bridgehead atoms. The molecule has 0 spiro atoms. The van der Waals surface area contributed by atoms with Crippen molar-refractivity contribution >= 4 is 10.0 Å². The average molecular weight is 194 g/mol. The molecule has 0 aliphatic rings. The predicted octanol–water partition coefficient (Wildman–Crippen LogP) is 0.0531. The Labute approximate surface area is 74.6 Å². The van der Waals surface area contributed by atoms with E-state index in [1.54, 1.807) is 13.8 Å². The molecule has 0 aromatic carbocycles.